The van der Waals surface area contributed by atoms with Crippen LogP contribution >= 0.6 is 24.0 Å². The lowest BCUT2D eigenvalue weighted by Gasteiger charge is -2.35. The third kappa shape index (κ3) is 8.73. The Kier molecular flexibility index (Phi) is 11.9. The topological polar surface area (TPSA) is 65.0 Å². The predicted molar refractivity (Wildman–Crippen MR) is 140 cm³/mol. The van der Waals surface area contributed by atoms with Crippen molar-refractivity contribution in [3.05, 3.63) is 23.9 Å². The van der Waals surface area contributed by atoms with Crippen LogP contribution < -0.4 is 15.5 Å². The number of rotatable bonds is 9. The van der Waals surface area contributed by atoms with Crippen LogP contribution in [0.15, 0.2) is 23.3 Å². The maximum atomic E-state index is 5.54. The van der Waals surface area contributed by atoms with Crippen LogP contribution in [0.25, 0.3) is 0 Å². The van der Waals surface area contributed by atoms with Gasteiger partial charge in [0.2, 0.25) is 0 Å². The van der Waals surface area contributed by atoms with Gasteiger partial charge in [-0.1, -0.05) is 19.9 Å². The van der Waals surface area contributed by atoms with Gasteiger partial charge in [0.1, 0.15) is 5.82 Å². The van der Waals surface area contributed by atoms with Crippen LogP contribution in [0.1, 0.15) is 45.6 Å². The number of aromatic nitrogens is 1. The Balaban J connectivity index is 0.00000341. The molecular formula is C23H41IN6O. The summed E-state index contributed by atoms with van der Waals surface area (Å²) < 4.78 is 5.54. The molecule has 0 aromatic carbocycles. The highest BCUT2D eigenvalue weighted by atomic mass is 127. The number of aliphatic imine (C=N–C) groups is 1. The Hall–Kier alpha value is -1.13. The molecule has 1 unspecified atom stereocenters. The van der Waals surface area contributed by atoms with Crippen LogP contribution in [0.5, 0.6) is 0 Å². The molecule has 1 atom stereocenters. The SMILES string of the molecule is CCNC(=NCc1ccc(N2CCCC2)nc1)NCC(CC(C)C)N1CCOCC1.I. The van der Waals surface area contributed by atoms with Crippen LogP contribution in [0, 0.1) is 5.92 Å². The van der Waals surface area contributed by atoms with Crippen LogP contribution in [0.2, 0.25) is 0 Å². The summed E-state index contributed by atoms with van der Waals surface area (Å²) in [5.74, 6) is 2.63. The average molecular weight is 545 g/mol. The van der Waals surface area contributed by atoms with E-state index in [1.165, 1.54) is 19.3 Å². The molecule has 2 aliphatic heterocycles. The van der Waals surface area contributed by atoms with Gasteiger partial charge in [-0.15, -0.1) is 24.0 Å². The summed E-state index contributed by atoms with van der Waals surface area (Å²) in [6.07, 6.45) is 5.69. The van der Waals surface area contributed by atoms with E-state index in [1.54, 1.807) is 0 Å². The van der Waals surface area contributed by atoms with Crippen molar-refractivity contribution in [2.75, 3.05) is 57.4 Å². The predicted octanol–water partition coefficient (Wildman–Crippen LogP) is 3.10. The van der Waals surface area contributed by atoms with E-state index >= 15 is 0 Å². The van der Waals surface area contributed by atoms with Gasteiger partial charge in [0.25, 0.3) is 0 Å². The first-order chi connectivity index (χ1) is 14.7. The molecule has 8 heteroatoms. The lowest BCUT2D eigenvalue weighted by Crippen LogP contribution is -2.51. The number of hydrogen-bond acceptors (Lipinski definition) is 5. The minimum atomic E-state index is 0. The second-order valence-electron chi connectivity index (χ2n) is 8.73. The summed E-state index contributed by atoms with van der Waals surface area (Å²) in [4.78, 5) is 14.4. The number of hydrogen-bond donors (Lipinski definition) is 2. The van der Waals surface area contributed by atoms with E-state index in [1.807, 2.05) is 6.20 Å². The Morgan fingerprint density at radius 2 is 1.87 bits per heavy atom. The number of pyridine rings is 1. The molecule has 0 radical (unpaired) electrons. The first kappa shape index (κ1) is 26.1. The maximum Gasteiger partial charge on any atom is 0.191 e. The molecule has 2 aliphatic rings. The number of nitrogens with zero attached hydrogens (tertiary/aromatic N) is 4. The van der Waals surface area contributed by atoms with E-state index in [9.17, 15) is 0 Å². The normalized spacial score (nSPS) is 18.7. The molecule has 2 fully saturated rings. The molecule has 176 valence electrons. The summed E-state index contributed by atoms with van der Waals surface area (Å²) >= 11 is 0. The van der Waals surface area contributed by atoms with E-state index in [0.717, 1.165) is 69.8 Å². The molecule has 31 heavy (non-hydrogen) atoms. The highest BCUT2D eigenvalue weighted by molar-refractivity contribution is 14.0. The molecule has 3 rings (SSSR count). The Labute approximate surface area is 205 Å². The monoisotopic (exact) mass is 544 g/mol. The zero-order valence-corrected chi connectivity index (χ0v) is 21.8. The lowest BCUT2D eigenvalue weighted by molar-refractivity contribution is 0.0132. The number of guanidine groups is 1. The van der Waals surface area contributed by atoms with Crippen LogP contribution in [0.4, 0.5) is 5.82 Å². The molecular weight excluding hydrogens is 503 g/mol. The quantitative estimate of drug-likeness (QED) is 0.283. The smallest absolute Gasteiger partial charge is 0.191 e. The van der Waals surface area contributed by atoms with Crippen molar-refractivity contribution in [3.63, 3.8) is 0 Å². The Morgan fingerprint density at radius 3 is 2.48 bits per heavy atom. The summed E-state index contributed by atoms with van der Waals surface area (Å²) in [6.45, 7) is 15.0. The van der Waals surface area contributed by atoms with E-state index in [2.05, 4.69) is 58.3 Å². The summed E-state index contributed by atoms with van der Waals surface area (Å²) in [5, 5.41) is 6.97. The first-order valence-electron chi connectivity index (χ1n) is 11.7. The van der Waals surface area contributed by atoms with Gasteiger partial charge in [-0.25, -0.2) is 9.98 Å². The number of halogens is 1. The minimum absolute atomic E-state index is 0. The highest BCUT2D eigenvalue weighted by Gasteiger charge is 2.22. The molecule has 7 nitrogen and oxygen atoms in total. The second kappa shape index (κ2) is 14.1. The fraction of sp³-hybridized carbons (Fsp3) is 0.739. The first-order valence-corrected chi connectivity index (χ1v) is 11.7. The number of nitrogens with one attached hydrogen (secondary N) is 2. The molecule has 0 bridgehead atoms. The van der Waals surface area contributed by atoms with Crippen molar-refractivity contribution < 1.29 is 4.74 Å². The van der Waals surface area contributed by atoms with Crippen molar-refractivity contribution in [2.24, 2.45) is 10.9 Å². The van der Waals surface area contributed by atoms with Crippen LogP contribution in [0.3, 0.4) is 0 Å². The molecule has 0 aliphatic carbocycles. The van der Waals surface area contributed by atoms with Gasteiger partial charge in [0.15, 0.2) is 5.96 Å². The van der Waals surface area contributed by atoms with Gasteiger partial charge in [-0.05, 0) is 43.7 Å². The summed E-state index contributed by atoms with van der Waals surface area (Å²) in [5.41, 5.74) is 1.14. The van der Waals surface area contributed by atoms with E-state index in [-0.39, 0.29) is 24.0 Å². The van der Waals surface area contributed by atoms with Crippen molar-refractivity contribution in [3.8, 4) is 0 Å². The molecule has 3 heterocycles. The summed E-state index contributed by atoms with van der Waals surface area (Å²) in [6, 6.07) is 4.79. The molecule has 1 aromatic rings. The largest absolute Gasteiger partial charge is 0.379 e. The average Bonchev–Trinajstić information content (AvgIpc) is 3.30. The minimum Gasteiger partial charge on any atom is -0.379 e. The number of anilines is 1. The molecule has 1 aromatic heterocycles. The van der Waals surface area contributed by atoms with E-state index < -0.39 is 0 Å². The van der Waals surface area contributed by atoms with E-state index in [0.29, 0.717) is 18.5 Å². The van der Waals surface area contributed by atoms with Crippen molar-refractivity contribution >= 4 is 35.8 Å². The van der Waals surface area contributed by atoms with Gasteiger partial charge in [-0.3, -0.25) is 4.90 Å². The molecule has 0 saturated carbocycles. The fourth-order valence-corrected chi connectivity index (χ4v) is 4.22. The standard InChI is InChI=1S/C23H40N6O.HI/c1-4-24-23(27-18-21(15-19(2)3)28-11-13-30-14-12-28)26-17-20-7-8-22(25-16-20)29-9-5-6-10-29;/h7-8,16,19,21H,4-6,9-15,17-18H2,1-3H3,(H2,24,26,27);1H. The van der Waals surface area contributed by atoms with Crippen molar-refractivity contribution in [1.82, 2.24) is 20.5 Å². The van der Waals surface area contributed by atoms with Gasteiger partial charge in [-0.2, -0.15) is 0 Å². The number of ether oxygens (including phenoxy) is 1. The molecule has 0 spiro atoms. The van der Waals surface area contributed by atoms with E-state index in [4.69, 9.17) is 9.73 Å². The summed E-state index contributed by atoms with van der Waals surface area (Å²) in [7, 11) is 0. The third-order valence-corrected chi connectivity index (χ3v) is 5.81. The Bertz CT molecular complexity index is 642. The van der Waals surface area contributed by atoms with Crippen LogP contribution in [-0.2, 0) is 11.3 Å². The van der Waals surface area contributed by atoms with Gasteiger partial charge < -0.3 is 20.3 Å². The van der Waals surface area contributed by atoms with Gasteiger partial charge >= 0.3 is 0 Å². The third-order valence-electron chi connectivity index (χ3n) is 5.81. The maximum absolute atomic E-state index is 5.54. The number of morpholine rings is 1. The lowest BCUT2D eigenvalue weighted by atomic mass is 10.0. The van der Waals surface area contributed by atoms with Crippen molar-refractivity contribution in [1.29, 1.82) is 0 Å². The fourth-order valence-electron chi connectivity index (χ4n) is 4.22. The Morgan fingerprint density at radius 1 is 1.13 bits per heavy atom. The molecule has 2 saturated heterocycles. The van der Waals surface area contributed by atoms with Crippen molar-refractivity contribution in [2.45, 2.75) is 52.6 Å². The molecule has 2 N–H and O–H groups in total. The highest BCUT2D eigenvalue weighted by Crippen LogP contribution is 2.18. The van der Waals surface area contributed by atoms with Gasteiger partial charge in [0, 0.05) is 51.5 Å². The van der Waals surface area contributed by atoms with Gasteiger partial charge in [0.05, 0.1) is 19.8 Å². The zero-order chi connectivity index (χ0) is 21.2. The second-order valence-corrected chi connectivity index (χ2v) is 8.73. The molecule has 0 amide bonds. The van der Waals surface area contributed by atoms with Crippen LogP contribution in [-0.4, -0.2) is 74.4 Å². The zero-order valence-electron chi connectivity index (χ0n) is 19.5.